The monoisotopic (exact) mass is 343 g/mol. The minimum Gasteiger partial charge on any atom is -0.478 e. The first-order valence-corrected chi connectivity index (χ1v) is 6.84. The molecule has 1 rings (SSSR count). The first-order valence-electron chi connectivity index (χ1n) is 6.04. The molecule has 0 aliphatic heterocycles. The maximum Gasteiger partial charge on any atom is 0.336 e. The first kappa shape index (κ1) is 16.5. The van der Waals surface area contributed by atoms with Crippen molar-refractivity contribution in [2.24, 2.45) is 0 Å². The van der Waals surface area contributed by atoms with Crippen molar-refractivity contribution in [2.75, 3.05) is 26.0 Å². The third kappa shape index (κ3) is 5.18. The fourth-order valence-electron chi connectivity index (χ4n) is 1.75. The Kier molecular flexibility index (Phi) is 5.97. The minimum absolute atomic E-state index is 0.0145. The molecule has 110 valence electrons. The second-order valence-electron chi connectivity index (χ2n) is 4.76. The largest absolute Gasteiger partial charge is 0.478 e. The van der Waals surface area contributed by atoms with Gasteiger partial charge in [-0.25, -0.2) is 9.59 Å². The summed E-state index contributed by atoms with van der Waals surface area (Å²) < 4.78 is 0.469. The van der Waals surface area contributed by atoms with E-state index in [4.69, 9.17) is 5.11 Å². The van der Waals surface area contributed by atoms with E-state index >= 15 is 0 Å². The van der Waals surface area contributed by atoms with Crippen LogP contribution in [0.4, 0.5) is 10.5 Å². The van der Waals surface area contributed by atoms with Crippen LogP contribution in [0.1, 0.15) is 17.3 Å². The number of likely N-dealkylation sites (N-methyl/N-ethyl adjacent to an activating group) is 1. The number of carbonyl (C=O) groups is 2. The lowest BCUT2D eigenvalue weighted by Crippen LogP contribution is -2.41. The molecule has 0 saturated carbocycles. The summed E-state index contributed by atoms with van der Waals surface area (Å²) in [5, 5.41) is 14.4. The number of amides is 2. The molecule has 0 aliphatic carbocycles. The van der Waals surface area contributed by atoms with Gasteiger partial charge in [0.15, 0.2) is 0 Å². The lowest BCUT2D eigenvalue weighted by Gasteiger charge is -2.18. The molecule has 1 aromatic carbocycles. The molecule has 0 spiro atoms. The van der Waals surface area contributed by atoms with Crippen molar-refractivity contribution in [3.8, 4) is 0 Å². The number of anilines is 1. The van der Waals surface area contributed by atoms with Crippen LogP contribution in [0.2, 0.25) is 0 Å². The van der Waals surface area contributed by atoms with E-state index in [0.29, 0.717) is 16.7 Å². The average molecular weight is 344 g/mol. The molecule has 3 N–H and O–H groups in total. The second-order valence-corrected chi connectivity index (χ2v) is 5.62. The van der Waals surface area contributed by atoms with E-state index < -0.39 is 5.97 Å². The van der Waals surface area contributed by atoms with E-state index in [0.717, 1.165) is 0 Å². The zero-order valence-electron chi connectivity index (χ0n) is 11.6. The Morgan fingerprint density at radius 2 is 2.05 bits per heavy atom. The molecule has 0 bridgehead atoms. The normalized spacial score (nSPS) is 12.1. The fraction of sp³-hybridized carbons (Fsp3) is 0.385. The van der Waals surface area contributed by atoms with Gasteiger partial charge in [-0.1, -0.05) is 0 Å². The van der Waals surface area contributed by atoms with Gasteiger partial charge in [0, 0.05) is 22.7 Å². The Hall–Kier alpha value is -1.60. The molecule has 1 atom stereocenters. The van der Waals surface area contributed by atoms with Crippen molar-refractivity contribution in [1.29, 1.82) is 0 Å². The van der Waals surface area contributed by atoms with E-state index in [1.165, 1.54) is 6.07 Å². The minimum atomic E-state index is -1.05. The second kappa shape index (κ2) is 7.25. The van der Waals surface area contributed by atoms with Crippen LogP contribution in [-0.4, -0.2) is 48.7 Å². The maximum absolute atomic E-state index is 11.8. The Bertz CT molecular complexity index is 506. The number of hydrogen-bond donors (Lipinski definition) is 3. The van der Waals surface area contributed by atoms with Crippen LogP contribution in [0.25, 0.3) is 0 Å². The Balaban J connectivity index is 2.67. The number of nitrogens with one attached hydrogen (secondary N) is 2. The van der Waals surface area contributed by atoms with Gasteiger partial charge in [-0.3, -0.25) is 0 Å². The Morgan fingerprint density at radius 1 is 1.40 bits per heavy atom. The number of nitrogens with zero attached hydrogens (tertiary/aromatic N) is 1. The maximum atomic E-state index is 11.8. The van der Waals surface area contributed by atoms with Crippen molar-refractivity contribution in [2.45, 2.75) is 13.0 Å². The smallest absolute Gasteiger partial charge is 0.336 e. The zero-order chi connectivity index (χ0) is 15.3. The van der Waals surface area contributed by atoms with E-state index in [2.05, 4.69) is 26.6 Å². The highest BCUT2D eigenvalue weighted by Gasteiger charge is 2.12. The molecule has 1 aromatic rings. The number of carboxylic acids is 1. The summed E-state index contributed by atoms with van der Waals surface area (Å²) in [6.45, 7) is 2.61. The van der Waals surface area contributed by atoms with Gasteiger partial charge in [-0.2, -0.15) is 0 Å². The molecule has 2 amide bonds. The zero-order valence-corrected chi connectivity index (χ0v) is 13.2. The number of aromatic carboxylic acids is 1. The van der Waals surface area contributed by atoms with Crippen LogP contribution in [0, 0.1) is 0 Å². The van der Waals surface area contributed by atoms with Crippen LogP contribution in [0.3, 0.4) is 0 Å². The first-order chi connectivity index (χ1) is 9.29. The van der Waals surface area contributed by atoms with Crippen LogP contribution >= 0.6 is 15.9 Å². The van der Waals surface area contributed by atoms with E-state index in [-0.39, 0.29) is 17.6 Å². The van der Waals surface area contributed by atoms with Crippen LogP contribution in [0.5, 0.6) is 0 Å². The summed E-state index contributed by atoms with van der Waals surface area (Å²) in [5.41, 5.74) is 0.532. The number of hydrogen-bond acceptors (Lipinski definition) is 3. The molecule has 0 heterocycles. The third-order valence-corrected chi connectivity index (χ3v) is 3.16. The van der Waals surface area contributed by atoms with Gasteiger partial charge in [0.2, 0.25) is 0 Å². The van der Waals surface area contributed by atoms with Crippen LogP contribution in [-0.2, 0) is 0 Å². The van der Waals surface area contributed by atoms with Gasteiger partial charge >= 0.3 is 12.0 Å². The molecule has 0 radical (unpaired) electrons. The highest BCUT2D eigenvalue weighted by molar-refractivity contribution is 9.10. The standard InChI is InChI=1S/C13H18BrN3O3/c1-8(7-17(2)3)15-13(20)16-9-4-5-11(14)10(6-9)12(18)19/h4-6,8H,7H2,1-3H3,(H,18,19)(H2,15,16,20). The van der Waals surface area contributed by atoms with Gasteiger partial charge in [0.05, 0.1) is 5.56 Å². The fourth-order valence-corrected chi connectivity index (χ4v) is 2.17. The predicted molar refractivity (Wildman–Crippen MR) is 81.3 cm³/mol. The molecule has 1 unspecified atom stereocenters. The lowest BCUT2D eigenvalue weighted by molar-refractivity contribution is 0.0696. The van der Waals surface area contributed by atoms with Gasteiger partial charge in [0.1, 0.15) is 0 Å². The summed E-state index contributed by atoms with van der Waals surface area (Å²) in [6.07, 6.45) is 0. The number of carboxylic acid groups (broad SMARTS) is 1. The topological polar surface area (TPSA) is 81.7 Å². The number of benzene rings is 1. The molecule has 7 heteroatoms. The molecule has 0 aromatic heterocycles. The van der Waals surface area contributed by atoms with Crippen molar-refractivity contribution in [1.82, 2.24) is 10.2 Å². The van der Waals surface area contributed by atoms with E-state index in [9.17, 15) is 9.59 Å². The van der Waals surface area contributed by atoms with Gasteiger partial charge in [-0.05, 0) is 55.1 Å². The van der Waals surface area contributed by atoms with Gasteiger partial charge < -0.3 is 20.6 Å². The van der Waals surface area contributed by atoms with Crippen molar-refractivity contribution in [3.63, 3.8) is 0 Å². The van der Waals surface area contributed by atoms with Gasteiger partial charge in [0.25, 0.3) is 0 Å². The van der Waals surface area contributed by atoms with Gasteiger partial charge in [-0.15, -0.1) is 0 Å². The molecule has 20 heavy (non-hydrogen) atoms. The average Bonchev–Trinajstić information content (AvgIpc) is 2.29. The van der Waals surface area contributed by atoms with Crippen LogP contribution in [0.15, 0.2) is 22.7 Å². The Morgan fingerprint density at radius 3 is 2.60 bits per heavy atom. The third-order valence-electron chi connectivity index (χ3n) is 2.47. The summed E-state index contributed by atoms with van der Waals surface area (Å²) in [7, 11) is 3.84. The summed E-state index contributed by atoms with van der Waals surface area (Å²) in [6, 6.07) is 4.25. The van der Waals surface area contributed by atoms with E-state index in [1.54, 1.807) is 12.1 Å². The van der Waals surface area contributed by atoms with Crippen molar-refractivity contribution >= 4 is 33.6 Å². The number of rotatable bonds is 5. The highest BCUT2D eigenvalue weighted by Crippen LogP contribution is 2.21. The van der Waals surface area contributed by atoms with Crippen molar-refractivity contribution in [3.05, 3.63) is 28.2 Å². The lowest BCUT2D eigenvalue weighted by atomic mass is 10.2. The van der Waals surface area contributed by atoms with Crippen LogP contribution < -0.4 is 10.6 Å². The summed E-state index contributed by atoms with van der Waals surface area (Å²) in [4.78, 5) is 24.7. The summed E-state index contributed by atoms with van der Waals surface area (Å²) in [5.74, 6) is -1.05. The summed E-state index contributed by atoms with van der Waals surface area (Å²) >= 11 is 3.15. The molecule has 0 fully saturated rings. The number of carbonyl (C=O) groups excluding carboxylic acids is 1. The Labute approximate surface area is 126 Å². The number of urea groups is 1. The molecule has 6 nitrogen and oxygen atoms in total. The predicted octanol–water partition coefficient (Wildman–Crippen LogP) is 2.22. The molecule has 0 aliphatic rings. The highest BCUT2D eigenvalue weighted by atomic mass is 79.9. The quantitative estimate of drug-likeness (QED) is 0.765. The van der Waals surface area contributed by atoms with E-state index in [1.807, 2.05) is 25.9 Å². The molecular weight excluding hydrogens is 326 g/mol. The number of halogens is 1. The van der Waals surface area contributed by atoms with Crippen molar-refractivity contribution < 1.29 is 14.7 Å². The molecule has 0 saturated heterocycles. The SMILES string of the molecule is CC(CN(C)C)NC(=O)Nc1ccc(Br)c(C(=O)O)c1. The molecular formula is C13H18BrN3O3.